The Morgan fingerprint density at radius 1 is 0.893 bits per heavy atom. The van der Waals surface area contributed by atoms with E-state index in [0.717, 1.165) is 5.56 Å². The van der Waals surface area contributed by atoms with Crippen LogP contribution in [0.3, 0.4) is 0 Å². The third kappa shape index (κ3) is 4.76. The van der Waals surface area contributed by atoms with Crippen LogP contribution >= 0.6 is 0 Å². The van der Waals surface area contributed by atoms with E-state index in [1.807, 2.05) is 38.1 Å². The molecule has 2 amide bonds. The summed E-state index contributed by atoms with van der Waals surface area (Å²) in [7, 11) is 1.30. The van der Waals surface area contributed by atoms with Crippen molar-refractivity contribution in [3.05, 3.63) is 59.7 Å². The second-order valence-electron chi connectivity index (χ2n) is 7.34. The number of benzene rings is 2. The summed E-state index contributed by atoms with van der Waals surface area (Å²) in [5.41, 5.74) is 1.27. The van der Waals surface area contributed by atoms with Gasteiger partial charge in [0, 0.05) is 11.4 Å². The van der Waals surface area contributed by atoms with Crippen LogP contribution in [0, 0.1) is 5.41 Å². The molecule has 0 radical (unpaired) electrons. The SMILES string of the molecule is COC(=O)c1ccc(NC(=O)C(C)(C)C(=O)Nc2ccccc2C(C)C)cc1. The maximum Gasteiger partial charge on any atom is 0.337 e. The van der Waals surface area contributed by atoms with Gasteiger partial charge in [-0.25, -0.2) is 4.79 Å². The average Bonchev–Trinajstić information content (AvgIpc) is 2.68. The summed E-state index contributed by atoms with van der Waals surface area (Å²) < 4.78 is 4.65. The van der Waals surface area contributed by atoms with Crippen LogP contribution in [-0.4, -0.2) is 24.9 Å². The highest BCUT2D eigenvalue weighted by atomic mass is 16.5. The van der Waals surface area contributed by atoms with Crippen LogP contribution in [0.5, 0.6) is 0 Å². The monoisotopic (exact) mass is 382 g/mol. The van der Waals surface area contributed by atoms with Crippen LogP contribution in [0.25, 0.3) is 0 Å². The molecule has 6 heteroatoms. The lowest BCUT2D eigenvalue weighted by atomic mass is 9.90. The number of anilines is 2. The highest BCUT2D eigenvalue weighted by molar-refractivity contribution is 6.14. The van der Waals surface area contributed by atoms with Crippen molar-refractivity contribution in [3.8, 4) is 0 Å². The van der Waals surface area contributed by atoms with Crippen LogP contribution in [0.2, 0.25) is 0 Å². The third-order valence-electron chi connectivity index (χ3n) is 4.53. The molecule has 0 unspecified atom stereocenters. The largest absolute Gasteiger partial charge is 0.465 e. The molecule has 0 aliphatic heterocycles. The second-order valence-corrected chi connectivity index (χ2v) is 7.34. The number of carbonyl (C=O) groups excluding carboxylic acids is 3. The predicted octanol–water partition coefficient (Wildman–Crippen LogP) is 4.20. The lowest BCUT2D eigenvalue weighted by Crippen LogP contribution is -2.41. The maximum absolute atomic E-state index is 12.8. The summed E-state index contributed by atoms with van der Waals surface area (Å²) in [5, 5.41) is 5.59. The van der Waals surface area contributed by atoms with Gasteiger partial charge in [-0.15, -0.1) is 0 Å². The molecule has 2 N–H and O–H groups in total. The van der Waals surface area contributed by atoms with Gasteiger partial charge in [-0.2, -0.15) is 0 Å². The smallest absolute Gasteiger partial charge is 0.337 e. The summed E-state index contributed by atoms with van der Waals surface area (Å²) >= 11 is 0. The number of hydrogen-bond donors (Lipinski definition) is 2. The van der Waals surface area contributed by atoms with E-state index in [-0.39, 0.29) is 5.92 Å². The topological polar surface area (TPSA) is 84.5 Å². The van der Waals surface area contributed by atoms with Gasteiger partial charge in [0.15, 0.2) is 0 Å². The Balaban J connectivity index is 2.11. The van der Waals surface area contributed by atoms with Crippen molar-refractivity contribution in [2.45, 2.75) is 33.6 Å². The van der Waals surface area contributed by atoms with E-state index in [2.05, 4.69) is 15.4 Å². The van der Waals surface area contributed by atoms with Gasteiger partial charge in [0.1, 0.15) is 5.41 Å². The Labute approximate surface area is 165 Å². The lowest BCUT2D eigenvalue weighted by molar-refractivity contribution is -0.135. The van der Waals surface area contributed by atoms with Gasteiger partial charge in [-0.3, -0.25) is 9.59 Å². The molecule has 0 bridgehead atoms. The van der Waals surface area contributed by atoms with E-state index in [9.17, 15) is 14.4 Å². The highest BCUT2D eigenvalue weighted by Gasteiger charge is 2.36. The minimum Gasteiger partial charge on any atom is -0.465 e. The summed E-state index contributed by atoms with van der Waals surface area (Å²) in [6, 6.07) is 13.8. The zero-order valence-electron chi connectivity index (χ0n) is 16.8. The number of carbonyl (C=O) groups is 3. The standard InChI is InChI=1S/C22H26N2O4/c1-14(2)17-8-6-7-9-18(17)24-21(27)22(3,4)20(26)23-16-12-10-15(11-13-16)19(25)28-5/h6-14H,1-5H3,(H,23,26)(H,24,27). The van der Waals surface area contributed by atoms with Gasteiger partial charge < -0.3 is 15.4 Å². The number of esters is 1. The van der Waals surface area contributed by atoms with E-state index in [4.69, 9.17) is 0 Å². The second kappa shape index (κ2) is 8.69. The molecule has 0 aliphatic rings. The van der Waals surface area contributed by atoms with E-state index < -0.39 is 23.2 Å². The Kier molecular flexibility index (Phi) is 6.57. The molecule has 0 saturated heterocycles. The molecule has 0 saturated carbocycles. The first-order valence-electron chi connectivity index (χ1n) is 9.07. The molecule has 0 spiro atoms. The highest BCUT2D eigenvalue weighted by Crippen LogP contribution is 2.27. The number of methoxy groups -OCH3 is 1. The fourth-order valence-electron chi connectivity index (χ4n) is 2.59. The van der Waals surface area contributed by atoms with Gasteiger partial charge in [0.25, 0.3) is 0 Å². The normalized spacial score (nSPS) is 11.1. The van der Waals surface area contributed by atoms with E-state index in [1.54, 1.807) is 38.1 Å². The Hall–Kier alpha value is -3.15. The molecular formula is C22H26N2O4. The predicted molar refractivity (Wildman–Crippen MR) is 109 cm³/mol. The number of hydrogen-bond acceptors (Lipinski definition) is 4. The Morgan fingerprint density at radius 3 is 2.04 bits per heavy atom. The maximum atomic E-state index is 12.8. The van der Waals surface area contributed by atoms with Crippen molar-refractivity contribution in [3.63, 3.8) is 0 Å². The summed E-state index contributed by atoms with van der Waals surface area (Å²) in [5.74, 6) is -1.06. The zero-order valence-corrected chi connectivity index (χ0v) is 16.8. The molecule has 0 aliphatic carbocycles. The fourth-order valence-corrected chi connectivity index (χ4v) is 2.59. The number of amides is 2. The summed E-state index contributed by atoms with van der Waals surface area (Å²) in [4.78, 5) is 37.0. The van der Waals surface area contributed by atoms with Crippen LogP contribution in [0.15, 0.2) is 48.5 Å². The van der Waals surface area contributed by atoms with Crippen molar-refractivity contribution in [1.29, 1.82) is 0 Å². The van der Waals surface area contributed by atoms with Crippen molar-refractivity contribution >= 4 is 29.2 Å². The first-order valence-corrected chi connectivity index (χ1v) is 9.07. The molecule has 2 aromatic rings. The molecule has 28 heavy (non-hydrogen) atoms. The van der Waals surface area contributed by atoms with Gasteiger partial charge in [-0.1, -0.05) is 32.0 Å². The van der Waals surface area contributed by atoms with Crippen LogP contribution < -0.4 is 10.6 Å². The van der Waals surface area contributed by atoms with Crippen LogP contribution in [-0.2, 0) is 14.3 Å². The molecule has 6 nitrogen and oxygen atoms in total. The Morgan fingerprint density at radius 2 is 1.46 bits per heavy atom. The molecule has 2 rings (SSSR count). The zero-order chi connectivity index (χ0) is 20.9. The number of para-hydroxylation sites is 1. The molecule has 0 heterocycles. The molecule has 2 aromatic carbocycles. The lowest BCUT2D eigenvalue weighted by Gasteiger charge is -2.24. The first-order chi connectivity index (χ1) is 13.2. The van der Waals surface area contributed by atoms with E-state index in [0.29, 0.717) is 16.9 Å². The summed E-state index contributed by atoms with van der Waals surface area (Å²) in [6.07, 6.45) is 0. The third-order valence-corrected chi connectivity index (χ3v) is 4.53. The van der Waals surface area contributed by atoms with Crippen molar-refractivity contribution < 1.29 is 19.1 Å². The van der Waals surface area contributed by atoms with E-state index in [1.165, 1.54) is 7.11 Å². The molecule has 148 valence electrons. The van der Waals surface area contributed by atoms with Gasteiger partial charge in [0.05, 0.1) is 12.7 Å². The minimum atomic E-state index is -1.30. The van der Waals surface area contributed by atoms with Crippen LogP contribution in [0.4, 0.5) is 11.4 Å². The molecular weight excluding hydrogens is 356 g/mol. The summed E-state index contributed by atoms with van der Waals surface area (Å²) in [6.45, 7) is 7.22. The van der Waals surface area contributed by atoms with Crippen LogP contribution in [0.1, 0.15) is 49.5 Å². The van der Waals surface area contributed by atoms with Gasteiger partial charge in [0.2, 0.25) is 11.8 Å². The van der Waals surface area contributed by atoms with Crippen molar-refractivity contribution in [2.24, 2.45) is 5.41 Å². The molecule has 0 fully saturated rings. The van der Waals surface area contributed by atoms with E-state index >= 15 is 0 Å². The minimum absolute atomic E-state index is 0.238. The first kappa shape index (κ1) is 21.2. The molecule has 0 aromatic heterocycles. The van der Waals surface area contributed by atoms with Crippen molar-refractivity contribution in [1.82, 2.24) is 0 Å². The number of ether oxygens (including phenoxy) is 1. The number of nitrogens with one attached hydrogen (secondary N) is 2. The van der Waals surface area contributed by atoms with Gasteiger partial charge >= 0.3 is 5.97 Å². The van der Waals surface area contributed by atoms with Gasteiger partial charge in [-0.05, 0) is 55.7 Å². The fraction of sp³-hybridized carbons (Fsp3) is 0.318. The average molecular weight is 382 g/mol. The quantitative estimate of drug-likeness (QED) is 0.579. The number of rotatable bonds is 6. The molecule has 0 atom stereocenters. The van der Waals surface area contributed by atoms with Crippen molar-refractivity contribution in [2.75, 3.05) is 17.7 Å². The Bertz CT molecular complexity index is 870.